The number of ether oxygens (including phenoxy) is 3. The van der Waals surface area contributed by atoms with Gasteiger partial charge in [0.25, 0.3) is 0 Å². The van der Waals surface area contributed by atoms with E-state index >= 15 is 0 Å². The Morgan fingerprint density at radius 2 is 1.93 bits per heavy atom. The largest absolute Gasteiger partial charge is 0.494 e. The van der Waals surface area contributed by atoms with Crippen LogP contribution in [-0.4, -0.2) is 72.1 Å². The van der Waals surface area contributed by atoms with Crippen molar-refractivity contribution in [2.45, 2.75) is 63.4 Å². The number of aromatic hydroxyl groups is 1. The van der Waals surface area contributed by atoms with Gasteiger partial charge < -0.3 is 40.7 Å². The molecule has 4 aromatic rings. The van der Waals surface area contributed by atoms with E-state index in [0.717, 1.165) is 0 Å². The van der Waals surface area contributed by atoms with Gasteiger partial charge in [-0.15, -0.1) is 0 Å². The summed E-state index contributed by atoms with van der Waals surface area (Å²) in [4.78, 5) is 40.4. The zero-order valence-corrected chi connectivity index (χ0v) is 22.0. The number of nitrogens with zero attached hydrogens (tertiary/aromatic N) is 4. The number of rotatable bonds is 8. The van der Waals surface area contributed by atoms with Gasteiger partial charge in [-0.1, -0.05) is 6.07 Å². The van der Waals surface area contributed by atoms with Crippen molar-refractivity contribution in [2.24, 2.45) is 0 Å². The molecule has 4 atom stereocenters. The minimum atomic E-state index is -0.832. The number of aromatic amines is 1. The molecule has 0 bridgehead atoms. The zero-order chi connectivity index (χ0) is 28.0. The number of anilines is 2. The number of carbonyl (C=O) groups is 2. The van der Waals surface area contributed by atoms with E-state index in [-0.39, 0.29) is 42.9 Å². The molecule has 6 N–H and O–H groups in total. The van der Waals surface area contributed by atoms with E-state index in [1.165, 1.54) is 6.33 Å². The number of benzene rings is 1. The van der Waals surface area contributed by atoms with E-state index in [9.17, 15) is 14.7 Å². The van der Waals surface area contributed by atoms with Crippen LogP contribution >= 0.6 is 0 Å². The average molecular weight is 551 g/mol. The van der Waals surface area contributed by atoms with Gasteiger partial charge in [0.15, 0.2) is 29.4 Å². The fourth-order valence-corrected chi connectivity index (χ4v) is 5.28. The lowest BCUT2D eigenvalue weighted by Gasteiger charge is -2.25. The van der Waals surface area contributed by atoms with Crippen molar-refractivity contribution in [1.29, 1.82) is 0 Å². The number of nitrogen functional groups attached to an aromatic ring is 1. The third-order valence-corrected chi connectivity index (χ3v) is 7.08. The van der Waals surface area contributed by atoms with E-state index < -0.39 is 30.3 Å². The molecule has 2 fully saturated rings. The molecule has 210 valence electrons. The third-order valence-electron chi connectivity index (χ3n) is 7.08. The van der Waals surface area contributed by atoms with Gasteiger partial charge in [-0.25, -0.2) is 15.0 Å². The highest BCUT2D eigenvalue weighted by Gasteiger charge is 2.56. The summed E-state index contributed by atoms with van der Waals surface area (Å²) in [5.74, 6) is -0.953. The van der Waals surface area contributed by atoms with Crippen LogP contribution in [0.4, 0.5) is 11.5 Å². The van der Waals surface area contributed by atoms with Crippen molar-refractivity contribution in [3.05, 3.63) is 37.1 Å². The first kappa shape index (κ1) is 26.0. The second-order valence-electron chi connectivity index (χ2n) is 10.3. The lowest BCUT2D eigenvalue weighted by Crippen LogP contribution is -2.39. The smallest absolute Gasteiger partial charge is 0.224 e. The van der Waals surface area contributed by atoms with Crippen LogP contribution in [0.25, 0.3) is 21.9 Å². The topological polar surface area (TPSA) is 192 Å². The lowest BCUT2D eigenvalue weighted by atomic mass is 10.1. The van der Waals surface area contributed by atoms with Crippen molar-refractivity contribution in [3.8, 4) is 5.88 Å². The van der Waals surface area contributed by atoms with Crippen molar-refractivity contribution < 1.29 is 28.9 Å². The Balaban J connectivity index is 1.03. The van der Waals surface area contributed by atoms with Gasteiger partial charge in [0.05, 0.1) is 12.0 Å². The first-order chi connectivity index (χ1) is 19.2. The lowest BCUT2D eigenvalue weighted by molar-refractivity contribution is -0.195. The summed E-state index contributed by atoms with van der Waals surface area (Å²) in [5.41, 5.74) is 7.50. The molecular formula is C26H30N8O6. The van der Waals surface area contributed by atoms with Crippen LogP contribution in [0.5, 0.6) is 5.88 Å². The SMILES string of the molecule is CC1(C)OC2C(CNC(=O)CCCC(=O)Nc3cccc4c(O)[nH]cc34)OC(n3cnc4c(N)ncnc43)C2O1. The number of hydrogen-bond acceptors (Lipinski definition) is 10. The van der Waals surface area contributed by atoms with E-state index in [4.69, 9.17) is 19.9 Å². The van der Waals surface area contributed by atoms with Crippen molar-refractivity contribution in [3.63, 3.8) is 0 Å². The Morgan fingerprint density at radius 3 is 2.77 bits per heavy atom. The molecule has 3 aromatic heterocycles. The van der Waals surface area contributed by atoms with Crippen LogP contribution in [0.15, 0.2) is 37.1 Å². The highest BCUT2D eigenvalue weighted by molar-refractivity contribution is 6.03. The molecule has 40 heavy (non-hydrogen) atoms. The van der Waals surface area contributed by atoms with Gasteiger partial charge in [-0.3, -0.25) is 14.2 Å². The molecule has 2 saturated heterocycles. The molecule has 1 aromatic carbocycles. The molecular weight excluding hydrogens is 520 g/mol. The standard InChI is InChI=1S/C26H30N8O6/c1-26(2)39-20-16(38-25(21(20)40-26)34-12-32-19-22(27)30-11-31-23(19)34)10-28-17(35)7-4-8-18(36)33-15-6-3-5-13-14(15)9-29-24(13)37/h3,5-6,9,11-12,16,20-21,25,29,37H,4,7-8,10H2,1-2H3,(H,28,35)(H,33,36)(H2,27,30,31). The molecule has 14 heteroatoms. The predicted molar refractivity (Wildman–Crippen MR) is 143 cm³/mol. The fraction of sp³-hybridized carbons (Fsp3) is 0.423. The number of fused-ring (bicyclic) bond motifs is 3. The van der Waals surface area contributed by atoms with Crippen LogP contribution < -0.4 is 16.4 Å². The van der Waals surface area contributed by atoms with Gasteiger partial charge in [-0.05, 0) is 32.4 Å². The Morgan fingerprint density at radius 1 is 1.12 bits per heavy atom. The summed E-state index contributed by atoms with van der Waals surface area (Å²) in [6.45, 7) is 3.85. The Bertz CT molecular complexity index is 1580. The van der Waals surface area contributed by atoms with Gasteiger partial charge in [0, 0.05) is 36.4 Å². The summed E-state index contributed by atoms with van der Waals surface area (Å²) in [7, 11) is 0. The quantitative estimate of drug-likeness (QED) is 0.217. The normalized spacial score (nSPS) is 23.4. The number of H-pyrrole nitrogens is 1. The van der Waals surface area contributed by atoms with E-state index in [1.54, 1.807) is 35.3 Å². The minimum absolute atomic E-state index is 0.0434. The average Bonchev–Trinajstić information content (AvgIpc) is 3.66. The number of imidazole rings is 1. The number of aromatic nitrogens is 5. The second-order valence-corrected chi connectivity index (χ2v) is 10.3. The molecule has 0 spiro atoms. The Labute approximate surface area is 228 Å². The molecule has 6 rings (SSSR count). The first-order valence-electron chi connectivity index (χ1n) is 13.0. The highest BCUT2D eigenvalue weighted by atomic mass is 16.8. The molecule has 5 heterocycles. The number of nitrogens with one attached hydrogen (secondary N) is 3. The zero-order valence-electron chi connectivity index (χ0n) is 22.0. The first-order valence-corrected chi connectivity index (χ1v) is 13.0. The van der Waals surface area contributed by atoms with Crippen LogP contribution in [-0.2, 0) is 23.8 Å². The third kappa shape index (κ3) is 4.80. The van der Waals surface area contributed by atoms with Crippen molar-refractivity contribution in [2.75, 3.05) is 17.6 Å². The fourth-order valence-electron chi connectivity index (χ4n) is 5.28. The van der Waals surface area contributed by atoms with E-state index in [1.807, 2.05) is 13.8 Å². The van der Waals surface area contributed by atoms with Gasteiger partial charge in [0.1, 0.15) is 30.2 Å². The van der Waals surface area contributed by atoms with Gasteiger partial charge in [-0.2, -0.15) is 0 Å². The Kier molecular flexibility index (Phi) is 6.52. The highest BCUT2D eigenvalue weighted by Crippen LogP contribution is 2.43. The van der Waals surface area contributed by atoms with Gasteiger partial charge >= 0.3 is 0 Å². The molecule has 0 saturated carbocycles. The van der Waals surface area contributed by atoms with Crippen LogP contribution in [0.3, 0.4) is 0 Å². The van der Waals surface area contributed by atoms with E-state index in [0.29, 0.717) is 34.0 Å². The molecule has 14 nitrogen and oxygen atoms in total. The van der Waals surface area contributed by atoms with Gasteiger partial charge in [0.2, 0.25) is 11.8 Å². The number of amides is 2. The second kappa shape index (κ2) is 10.0. The maximum absolute atomic E-state index is 12.6. The van der Waals surface area contributed by atoms with Crippen LogP contribution in [0, 0.1) is 0 Å². The number of nitrogens with two attached hydrogens (primary N) is 1. The van der Waals surface area contributed by atoms with Crippen LogP contribution in [0.2, 0.25) is 0 Å². The summed E-state index contributed by atoms with van der Waals surface area (Å²) in [6.07, 6.45) is 3.29. The summed E-state index contributed by atoms with van der Waals surface area (Å²) < 4.78 is 20.3. The maximum Gasteiger partial charge on any atom is 0.224 e. The molecule has 0 radical (unpaired) electrons. The summed E-state index contributed by atoms with van der Waals surface area (Å²) in [5, 5.41) is 16.9. The summed E-state index contributed by atoms with van der Waals surface area (Å²) >= 11 is 0. The molecule has 2 aliphatic heterocycles. The molecule has 4 unspecified atom stereocenters. The molecule has 2 amide bonds. The van der Waals surface area contributed by atoms with Crippen molar-refractivity contribution >= 4 is 45.3 Å². The number of hydrogen-bond donors (Lipinski definition) is 5. The minimum Gasteiger partial charge on any atom is -0.494 e. The maximum atomic E-state index is 12.6. The summed E-state index contributed by atoms with van der Waals surface area (Å²) in [6, 6.07) is 5.26. The monoisotopic (exact) mass is 550 g/mol. The molecule has 0 aliphatic carbocycles. The Hall–Kier alpha value is -4.27. The van der Waals surface area contributed by atoms with Crippen LogP contribution in [0.1, 0.15) is 39.3 Å². The van der Waals surface area contributed by atoms with Crippen molar-refractivity contribution in [1.82, 2.24) is 29.8 Å². The predicted octanol–water partition coefficient (Wildman–Crippen LogP) is 1.94. The number of carbonyl (C=O) groups excluding carboxylic acids is 2. The molecule has 2 aliphatic rings. The van der Waals surface area contributed by atoms with E-state index in [2.05, 4.69) is 30.6 Å².